The van der Waals surface area contributed by atoms with E-state index in [9.17, 15) is 31.5 Å². The summed E-state index contributed by atoms with van der Waals surface area (Å²) in [5.74, 6) is -1.99. The molecule has 0 aliphatic rings. The molecular formula is C17H11F5N4O3S. The van der Waals surface area contributed by atoms with Crippen molar-refractivity contribution in [3.8, 4) is 5.75 Å². The summed E-state index contributed by atoms with van der Waals surface area (Å²) >= 11 is 0.785. The van der Waals surface area contributed by atoms with Crippen LogP contribution in [-0.4, -0.2) is 38.8 Å². The Bertz CT molecular complexity index is 1070. The molecule has 0 saturated carbocycles. The monoisotopic (exact) mass is 446 g/mol. The van der Waals surface area contributed by atoms with Crippen LogP contribution in [0.15, 0.2) is 47.8 Å². The van der Waals surface area contributed by atoms with Gasteiger partial charge in [0.15, 0.2) is 10.8 Å². The number of benzene rings is 1. The van der Waals surface area contributed by atoms with Crippen molar-refractivity contribution >= 4 is 29.2 Å². The normalized spacial score (nSPS) is 11.7. The van der Waals surface area contributed by atoms with Gasteiger partial charge in [0, 0.05) is 11.8 Å². The lowest BCUT2D eigenvalue weighted by molar-refractivity contribution is -0.137. The molecule has 1 aromatic carbocycles. The smallest absolute Gasteiger partial charge is 0.417 e. The number of fused-ring (bicyclic) bond motifs is 1. The van der Waals surface area contributed by atoms with Crippen LogP contribution in [0.3, 0.4) is 0 Å². The molecule has 0 spiro atoms. The molecule has 3 rings (SSSR count). The topological polar surface area (TPSA) is 85.6 Å². The number of alkyl halides is 5. The first kappa shape index (κ1) is 21.5. The van der Waals surface area contributed by atoms with Gasteiger partial charge in [-0.1, -0.05) is 11.8 Å². The second kappa shape index (κ2) is 8.65. The summed E-state index contributed by atoms with van der Waals surface area (Å²) in [5.41, 5.74) is -0.721. The SMILES string of the molecule is O=C(CSc1nnc2ccc(C(F)(F)F)cn12)NC(=O)c1ccc(OC(F)F)cc1. The van der Waals surface area contributed by atoms with E-state index in [1.807, 2.05) is 0 Å². The van der Waals surface area contributed by atoms with Gasteiger partial charge in [-0.05, 0) is 36.4 Å². The Hall–Kier alpha value is -3.22. The zero-order chi connectivity index (χ0) is 21.9. The summed E-state index contributed by atoms with van der Waals surface area (Å²) in [6, 6.07) is 6.67. The molecule has 2 amide bonds. The number of ether oxygens (including phenoxy) is 1. The van der Waals surface area contributed by atoms with Gasteiger partial charge < -0.3 is 4.74 Å². The van der Waals surface area contributed by atoms with Crippen LogP contribution in [0.5, 0.6) is 5.75 Å². The van der Waals surface area contributed by atoms with Crippen molar-refractivity contribution in [2.24, 2.45) is 0 Å². The Morgan fingerprint density at radius 3 is 2.43 bits per heavy atom. The second-order valence-electron chi connectivity index (χ2n) is 5.70. The first-order valence-electron chi connectivity index (χ1n) is 8.07. The standard InChI is InChI=1S/C17H11F5N4O3S/c18-15(19)29-11-4-1-9(2-5-11)14(28)23-13(27)8-30-16-25-24-12-6-3-10(7-26(12)16)17(20,21)22/h1-7,15H,8H2,(H,23,27,28). The average Bonchev–Trinajstić information content (AvgIpc) is 3.08. The van der Waals surface area contributed by atoms with Crippen molar-refractivity contribution in [2.75, 3.05) is 5.75 Å². The van der Waals surface area contributed by atoms with Crippen molar-refractivity contribution < 1.29 is 36.3 Å². The molecule has 3 aromatic rings. The number of rotatable bonds is 6. The Labute approximate surface area is 169 Å². The van der Waals surface area contributed by atoms with Crippen LogP contribution < -0.4 is 10.1 Å². The molecule has 0 fully saturated rings. The van der Waals surface area contributed by atoms with Gasteiger partial charge in [-0.25, -0.2) is 0 Å². The first-order valence-corrected chi connectivity index (χ1v) is 9.06. The lowest BCUT2D eigenvalue weighted by Gasteiger charge is -2.08. The molecule has 2 aromatic heterocycles. The molecule has 30 heavy (non-hydrogen) atoms. The number of imide groups is 1. The van der Waals surface area contributed by atoms with Gasteiger partial charge in [-0.2, -0.15) is 22.0 Å². The van der Waals surface area contributed by atoms with Crippen molar-refractivity contribution in [1.82, 2.24) is 19.9 Å². The number of carbonyl (C=O) groups is 2. The number of thioether (sulfide) groups is 1. The number of amides is 2. The molecule has 13 heteroatoms. The Morgan fingerprint density at radius 1 is 1.10 bits per heavy atom. The fraction of sp³-hybridized carbons (Fsp3) is 0.176. The number of hydrogen-bond donors (Lipinski definition) is 1. The maximum absolute atomic E-state index is 12.9. The van der Waals surface area contributed by atoms with Crippen LogP contribution in [0, 0.1) is 0 Å². The van der Waals surface area contributed by atoms with E-state index in [0.29, 0.717) is 0 Å². The predicted molar refractivity (Wildman–Crippen MR) is 94.3 cm³/mol. The third-order valence-electron chi connectivity index (χ3n) is 3.63. The van der Waals surface area contributed by atoms with Crippen LogP contribution in [0.25, 0.3) is 5.65 Å². The van der Waals surface area contributed by atoms with Crippen LogP contribution in [0.1, 0.15) is 15.9 Å². The number of hydrogen-bond acceptors (Lipinski definition) is 6. The van der Waals surface area contributed by atoms with E-state index < -0.39 is 30.2 Å². The molecule has 0 saturated heterocycles. The summed E-state index contributed by atoms with van der Waals surface area (Å²) < 4.78 is 68.0. The van der Waals surface area contributed by atoms with Crippen molar-refractivity contribution in [2.45, 2.75) is 17.9 Å². The zero-order valence-electron chi connectivity index (χ0n) is 14.7. The quantitative estimate of drug-likeness (QED) is 0.462. The summed E-state index contributed by atoms with van der Waals surface area (Å²) in [4.78, 5) is 24.0. The molecule has 1 N–H and O–H groups in total. The summed E-state index contributed by atoms with van der Waals surface area (Å²) in [6.07, 6.45) is -3.75. The molecule has 2 heterocycles. The lowest BCUT2D eigenvalue weighted by atomic mass is 10.2. The maximum Gasteiger partial charge on any atom is 0.417 e. The highest BCUT2D eigenvalue weighted by atomic mass is 32.2. The van der Waals surface area contributed by atoms with E-state index in [-0.39, 0.29) is 27.9 Å². The Morgan fingerprint density at radius 2 is 1.80 bits per heavy atom. The molecule has 0 unspecified atom stereocenters. The maximum atomic E-state index is 12.9. The minimum atomic E-state index is -4.56. The average molecular weight is 446 g/mol. The van der Waals surface area contributed by atoms with E-state index in [1.54, 1.807) is 0 Å². The number of pyridine rings is 1. The van der Waals surface area contributed by atoms with Crippen LogP contribution in [-0.2, 0) is 11.0 Å². The number of carbonyl (C=O) groups excluding carboxylic acids is 2. The third kappa shape index (κ3) is 5.23. The largest absolute Gasteiger partial charge is 0.435 e. The van der Waals surface area contributed by atoms with Crippen LogP contribution in [0.2, 0.25) is 0 Å². The van der Waals surface area contributed by atoms with Gasteiger partial charge in [0.05, 0.1) is 11.3 Å². The molecule has 0 aliphatic heterocycles. The third-order valence-corrected chi connectivity index (χ3v) is 4.57. The number of aromatic nitrogens is 3. The van der Waals surface area contributed by atoms with Gasteiger partial charge in [0.1, 0.15) is 5.75 Å². The fourth-order valence-corrected chi connectivity index (χ4v) is 3.00. The van der Waals surface area contributed by atoms with Gasteiger partial charge in [0.2, 0.25) is 5.91 Å². The number of nitrogens with one attached hydrogen (secondary N) is 1. The highest BCUT2D eigenvalue weighted by Gasteiger charge is 2.31. The van der Waals surface area contributed by atoms with E-state index in [1.165, 1.54) is 12.1 Å². The van der Waals surface area contributed by atoms with Gasteiger partial charge >= 0.3 is 12.8 Å². The van der Waals surface area contributed by atoms with E-state index in [0.717, 1.165) is 46.6 Å². The van der Waals surface area contributed by atoms with Crippen molar-refractivity contribution in [3.05, 3.63) is 53.7 Å². The minimum absolute atomic E-state index is 0.0257. The van der Waals surface area contributed by atoms with Crippen LogP contribution >= 0.6 is 11.8 Å². The summed E-state index contributed by atoms with van der Waals surface area (Å²) in [5, 5.41) is 9.56. The lowest BCUT2D eigenvalue weighted by Crippen LogP contribution is -2.31. The molecule has 7 nitrogen and oxygen atoms in total. The number of halogens is 5. The predicted octanol–water partition coefficient (Wildman–Crippen LogP) is 3.40. The molecule has 158 valence electrons. The Balaban J connectivity index is 1.61. The summed E-state index contributed by atoms with van der Waals surface area (Å²) in [6.45, 7) is -3.01. The molecule has 0 radical (unpaired) electrons. The first-order chi connectivity index (χ1) is 14.1. The summed E-state index contributed by atoms with van der Waals surface area (Å²) in [7, 11) is 0. The van der Waals surface area contributed by atoms with E-state index >= 15 is 0 Å². The molecule has 0 atom stereocenters. The molecular weight excluding hydrogens is 435 g/mol. The van der Waals surface area contributed by atoms with Crippen LogP contribution in [0.4, 0.5) is 22.0 Å². The van der Waals surface area contributed by atoms with Gasteiger partial charge in [-0.15, -0.1) is 10.2 Å². The minimum Gasteiger partial charge on any atom is -0.435 e. The second-order valence-corrected chi connectivity index (χ2v) is 6.64. The number of nitrogens with zero attached hydrogens (tertiary/aromatic N) is 3. The highest BCUT2D eigenvalue weighted by molar-refractivity contribution is 7.99. The van der Waals surface area contributed by atoms with Gasteiger partial charge in [-0.3, -0.25) is 19.3 Å². The zero-order valence-corrected chi connectivity index (χ0v) is 15.5. The Kier molecular flexibility index (Phi) is 6.20. The van der Waals surface area contributed by atoms with E-state index in [2.05, 4.69) is 20.3 Å². The molecule has 0 bridgehead atoms. The van der Waals surface area contributed by atoms with E-state index in [4.69, 9.17) is 0 Å². The van der Waals surface area contributed by atoms with Crippen molar-refractivity contribution in [3.63, 3.8) is 0 Å². The molecule has 0 aliphatic carbocycles. The van der Waals surface area contributed by atoms with Gasteiger partial charge in [0.25, 0.3) is 5.91 Å². The fourth-order valence-electron chi connectivity index (χ4n) is 2.29. The van der Waals surface area contributed by atoms with Crippen molar-refractivity contribution in [1.29, 1.82) is 0 Å². The highest BCUT2D eigenvalue weighted by Crippen LogP contribution is 2.30.